The Hall–Kier alpha value is -2.44. The van der Waals surface area contributed by atoms with Crippen molar-refractivity contribution in [2.24, 2.45) is 11.8 Å². The summed E-state index contributed by atoms with van der Waals surface area (Å²) in [6, 6.07) is 5.99. The van der Waals surface area contributed by atoms with E-state index in [9.17, 15) is 19.7 Å². The molecule has 1 aromatic rings. The number of benzene rings is 1. The zero-order chi connectivity index (χ0) is 18.0. The van der Waals surface area contributed by atoms with Crippen LogP contribution < -0.4 is 0 Å². The Kier molecular flexibility index (Phi) is 5.01. The smallest absolute Gasteiger partial charge is 0.311 e. The van der Waals surface area contributed by atoms with Crippen LogP contribution in [0.5, 0.6) is 0 Å². The van der Waals surface area contributed by atoms with Gasteiger partial charge in [0, 0.05) is 31.1 Å². The predicted molar refractivity (Wildman–Crippen MR) is 89.6 cm³/mol. The first-order valence-corrected chi connectivity index (χ1v) is 8.69. The molecule has 3 rings (SSSR count). The summed E-state index contributed by atoms with van der Waals surface area (Å²) in [5.74, 6) is -0.272. The van der Waals surface area contributed by atoms with Gasteiger partial charge in [0.15, 0.2) is 0 Å². The van der Waals surface area contributed by atoms with Crippen molar-refractivity contribution in [3.63, 3.8) is 0 Å². The lowest BCUT2D eigenvalue weighted by atomic mass is 9.97. The topological polar surface area (TPSA) is 89.8 Å². The minimum Gasteiger partial charge on any atom is -0.458 e. The summed E-state index contributed by atoms with van der Waals surface area (Å²) < 4.78 is 5.53. The van der Waals surface area contributed by atoms with Gasteiger partial charge in [-0.2, -0.15) is 0 Å². The second kappa shape index (κ2) is 7.21. The number of non-ortho nitro benzene ring substituents is 1. The van der Waals surface area contributed by atoms with Crippen LogP contribution >= 0.6 is 0 Å². The molecule has 1 aliphatic heterocycles. The Balaban J connectivity index is 1.56. The van der Waals surface area contributed by atoms with Crippen molar-refractivity contribution in [1.29, 1.82) is 0 Å². The van der Waals surface area contributed by atoms with Crippen molar-refractivity contribution in [3.8, 4) is 0 Å². The van der Waals surface area contributed by atoms with Crippen LogP contribution in [-0.2, 0) is 14.3 Å². The number of rotatable bonds is 5. The number of piperidine rings is 1. The molecule has 1 saturated carbocycles. The van der Waals surface area contributed by atoms with Crippen LogP contribution in [0.4, 0.5) is 5.69 Å². The van der Waals surface area contributed by atoms with Gasteiger partial charge < -0.3 is 9.64 Å². The molecule has 0 spiro atoms. The van der Waals surface area contributed by atoms with Crippen molar-refractivity contribution in [2.75, 3.05) is 13.1 Å². The number of amides is 1. The van der Waals surface area contributed by atoms with E-state index in [2.05, 4.69) is 0 Å². The van der Waals surface area contributed by atoms with Gasteiger partial charge in [-0.15, -0.1) is 0 Å². The maximum Gasteiger partial charge on any atom is 0.311 e. The molecule has 1 saturated heterocycles. The van der Waals surface area contributed by atoms with Gasteiger partial charge in [0.05, 0.1) is 10.8 Å². The van der Waals surface area contributed by atoms with Crippen LogP contribution in [0.3, 0.4) is 0 Å². The highest BCUT2D eigenvalue weighted by Gasteiger charge is 2.37. The average molecular weight is 346 g/mol. The Morgan fingerprint density at radius 1 is 1.20 bits per heavy atom. The lowest BCUT2D eigenvalue weighted by Crippen LogP contribution is -2.43. The Labute approximate surface area is 146 Å². The highest BCUT2D eigenvalue weighted by atomic mass is 16.6. The predicted octanol–water partition coefficient (Wildman–Crippen LogP) is 2.85. The van der Waals surface area contributed by atoms with E-state index < -0.39 is 11.0 Å². The lowest BCUT2D eigenvalue weighted by molar-refractivity contribution is -0.384. The third-order valence-electron chi connectivity index (χ3n) is 4.86. The number of ether oxygens (including phenoxy) is 1. The zero-order valence-electron chi connectivity index (χ0n) is 14.2. The van der Waals surface area contributed by atoms with Crippen LogP contribution in [0.1, 0.15) is 44.3 Å². The van der Waals surface area contributed by atoms with Crippen molar-refractivity contribution < 1.29 is 19.2 Å². The minimum atomic E-state index is -0.484. The van der Waals surface area contributed by atoms with Gasteiger partial charge in [-0.25, -0.2) is 0 Å². The fourth-order valence-electron chi connectivity index (χ4n) is 3.16. The van der Waals surface area contributed by atoms with Gasteiger partial charge in [0.25, 0.3) is 5.69 Å². The molecule has 0 unspecified atom stereocenters. The molecule has 0 aromatic heterocycles. The molecule has 2 atom stereocenters. The second-order valence-electron chi connectivity index (χ2n) is 6.83. The number of hydrogen-bond acceptors (Lipinski definition) is 5. The molecule has 7 heteroatoms. The second-order valence-corrected chi connectivity index (χ2v) is 6.83. The van der Waals surface area contributed by atoms with E-state index in [0.29, 0.717) is 12.1 Å². The monoisotopic (exact) mass is 346 g/mol. The molecule has 7 nitrogen and oxygen atoms in total. The Bertz CT molecular complexity index is 669. The fourth-order valence-corrected chi connectivity index (χ4v) is 3.16. The van der Waals surface area contributed by atoms with E-state index in [-0.39, 0.29) is 29.4 Å². The standard InChI is InChI=1S/C18H22N2O5/c1-12(13-6-8-16(9-7-13)20(23)24)25-18(22)15-3-2-10-19(11-15)17(21)14-4-5-14/h6-9,12,14-15H,2-5,10-11H2,1H3/t12-,15+/m0/s1. The minimum absolute atomic E-state index is 0.00351. The zero-order valence-corrected chi connectivity index (χ0v) is 14.2. The molecule has 0 radical (unpaired) electrons. The number of carbonyl (C=O) groups is 2. The molecule has 1 aromatic carbocycles. The number of nitro benzene ring substituents is 1. The summed E-state index contributed by atoms with van der Waals surface area (Å²) in [7, 11) is 0. The summed E-state index contributed by atoms with van der Waals surface area (Å²) in [6.45, 7) is 2.90. The van der Waals surface area contributed by atoms with Gasteiger partial charge in [-0.05, 0) is 50.3 Å². The molecule has 2 aliphatic rings. The third kappa shape index (κ3) is 4.15. The van der Waals surface area contributed by atoms with E-state index in [1.165, 1.54) is 12.1 Å². The summed E-state index contributed by atoms with van der Waals surface area (Å²) >= 11 is 0. The Morgan fingerprint density at radius 2 is 1.88 bits per heavy atom. The quantitative estimate of drug-likeness (QED) is 0.464. The van der Waals surface area contributed by atoms with Gasteiger partial charge in [0.2, 0.25) is 5.91 Å². The molecule has 134 valence electrons. The van der Waals surface area contributed by atoms with Crippen molar-refractivity contribution in [1.82, 2.24) is 4.90 Å². The van der Waals surface area contributed by atoms with E-state index in [1.54, 1.807) is 24.0 Å². The average Bonchev–Trinajstić information content (AvgIpc) is 3.46. The molecule has 0 bridgehead atoms. The molecule has 1 heterocycles. The summed E-state index contributed by atoms with van der Waals surface area (Å²) in [5.41, 5.74) is 0.712. The molecule has 1 aliphatic carbocycles. The van der Waals surface area contributed by atoms with Crippen LogP contribution in [0.25, 0.3) is 0 Å². The largest absolute Gasteiger partial charge is 0.458 e. The molecule has 2 fully saturated rings. The van der Waals surface area contributed by atoms with E-state index in [0.717, 1.165) is 32.2 Å². The number of likely N-dealkylation sites (tertiary alicyclic amines) is 1. The van der Waals surface area contributed by atoms with E-state index >= 15 is 0 Å². The van der Waals surface area contributed by atoms with Crippen molar-refractivity contribution >= 4 is 17.6 Å². The summed E-state index contributed by atoms with van der Waals surface area (Å²) in [5, 5.41) is 10.7. The first kappa shape index (κ1) is 17.4. The highest BCUT2D eigenvalue weighted by Crippen LogP contribution is 2.33. The molecular weight excluding hydrogens is 324 g/mol. The van der Waals surface area contributed by atoms with Crippen LogP contribution in [0.15, 0.2) is 24.3 Å². The first-order chi connectivity index (χ1) is 12.0. The summed E-state index contributed by atoms with van der Waals surface area (Å²) in [4.78, 5) is 36.6. The maximum atomic E-state index is 12.4. The van der Waals surface area contributed by atoms with Crippen molar-refractivity contribution in [3.05, 3.63) is 39.9 Å². The number of carbonyl (C=O) groups excluding carboxylic acids is 2. The maximum absolute atomic E-state index is 12.4. The summed E-state index contributed by atoms with van der Waals surface area (Å²) in [6.07, 6.45) is 2.97. The number of nitrogens with zero attached hydrogens (tertiary/aromatic N) is 2. The highest BCUT2D eigenvalue weighted by molar-refractivity contribution is 5.82. The Morgan fingerprint density at radius 3 is 2.48 bits per heavy atom. The molecule has 0 N–H and O–H groups in total. The molecule has 25 heavy (non-hydrogen) atoms. The number of esters is 1. The van der Waals surface area contributed by atoms with Crippen LogP contribution in [0, 0.1) is 22.0 Å². The van der Waals surface area contributed by atoms with Gasteiger partial charge >= 0.3 is 5.97 Å². The third-order valence-corrected chi connectivity index (χ3v) is 4.86. The van der Waals surface area contributed by atoms with Gasteiger partial charge in [-0.1, -0.05) is 0 Å². The normalized spacial score (nSPS) is 21.5. The van der Waals surface area contributed by atoms with Crippen molar-refractivity contribution in [2.45, 2.75) is 38.7 Å². The number of nitro groups is 1. The molecule has 1 amide bonds. The SMILES string of the molecule is C[C@H](OC(=O)[C@@H]1CCCN(C(=O)C2CC2)C1)c1ccc([N+](=O)[O-])cc1. The van der Waals surface area contributed by atoms with Gasteiger partial charge in [-0.3, -0.25) is 19.7 Å². The van der Waals surface area contributed by atoms with Crippen LogP contribution in [0.2, 0.25) is 0 Å². The van der Waals surface area contributed by atoms with E-state index in [1.807, 2.05) is 0 Å². The molecular formula is C18H22N2O5. The number of hydrogen-bond donors (Lipinski definition) is 0. The lowest BCUT2D eigenvalue weighted by Gasteiger charge is -2.32. The van der Waals surface area contributed by atoms with E-state index in [4.69, 9.17) is 4.74 Å². The van der Waals surface area contributed by atoms with Crippen LogP contribution in [-0.4, -0.2) is 34.8 Å². The first-order valence-electron chi connectivity index (χ1n) is 8.69. The van der Waals surface area contributed by atoms with Gasteiger partial charge in [0.1, 0.15) is 6.10 Å². The fraction of sp³-hybridized carbons (Fsp3) is 0.556.